The molecule has 4 fully saturated rings. The summed E-state index contributed by atoms with van der Waals surface area (Å²) in [6.07, 6.45) is -2.15. The molecule has 33 heavy (non-hydrogen) atoms. The number of nitriles is 1. The van der Waals surface area contributed by atoms with Crippen LogP contribution in [0.25, 0.3) is 0 Å². The van der Waals surface area contributed by atoms with Gasteiger partial charge in [0, 0.05) is 25.2 Å². The van der Waals surface area contributed by atoms with Gasteiger partial charge in [-0.05, 0) is 49.8 Å². The van der Waals surface area contributed by atoms with Gasteiger partial charge < -0.3 is 15.5 Å². The predicted octanol–water partition coefficient (Wildman–Crippen LogP) is 1.89. The number of carbonyl (C=O) groups is 2. The first kappa shape index (κ1) is 22.2. The van der Waals surface area contributed by atoms with E-state index in [0.717, 1.165) is 18.6 Å². The monoisotopic (exact) mass is 461 g/mol. The lowest BCUT2D eigenvalue weighted by Crippen LogP contribution is -2.57. The molecule has 2 unspecified atom stereocenters. The van der Waals surface area contributed by atoms with Crippen LogP contribution in [0, 0.1) is 17.2 Å². The van der Waals surface area contributed by atoms with E-state index in [-0.39, 0.29) is 42.5 Å². The van der Waals surface area contributed by atoms with Gasteiger partial charge in [0.1, 0.15) is 6.04 Å². The molecule has 1 saturated carbocycles. The SMILES string of the molecule is C[C@H](c1ccc(C(F)(F)F)cc1)N1C(=O)[C@@H]2CC1CN2C[C@H](N)C(=O)N1C2C[C@H]2C[C@H]1C#N. The van der Waals surface area contributed by atoms with E-state index < -0.39 is 23.8 Å². The third kappa shape index (κ3) is 3.67. The maximum Gasteiger partial charge on any atom is 0.416 e. The Morgan fingerprint density at radius 1 is 1.24 bits per heavy atom. The Hall–Kier alpha value is -2.64. The van der Waals surface area contributed by atoms with Gasteiger partial charge in [0.15, 0.2) is 0 Å². The summed E-state index contributed by atoms with van der Waals surface area (Å²) in [5.41, 5.74) is 6.16. The number of piperazine rings is 1. The molecular formula is C23H26F3N5O2. The number of rotatable bonds is 5. The summed E-state index contributed by atoms with van der Waals surface area (Å²) in [5, 5.41) is 9.34. The van der Waals surface area contributed by atoms with Crippen LogP contribution in [-0.2, 0) is 15.8 Å². The van der Waals surface area contributed by atoms with Gasteiger partial charge >= 0.3 is 6.18 Å². The standard InChI is InChI=1S/C23H26F3N5O2/c1-12(13-2-4-15(5-3-13)23(24,25)26)30-17-8-20(22(30)33)29(10-17)11-18(28)21(32)31-16(9-27)6-14-7-19(14)31/h2-5,12,14,16-20H,6-8,10-11,28H2,1H3/t12-,14-,16+,17?,18+,19?,20+/m1/s1. The molecule has 5 rings (SSSR count). The number of nitrogens with two attached hydrogens (primary N) is 1. The van der Waals surface area contributed by atoms with Gasteiger partial charge in [0.2, 0.25) is 11.8 Å². The van der Waals surface area contributed by atoms with Crippen molar-refractivity contribution >= 4 is 11.8 Å². The van der Waals surface area contributed by atoms with Crippen LogP contribution in [0.5, 0.6) is 0 Å². The molecule has 176 valence electrons. The number of halogens is 3. The lowest BCUT2D eigenvalue weighted by molar-refractivity contribution is -0.141. The zero-order valence-electron chi connectivity index (χ0n) is 18.2. The maximum absolute atomic E-state index is 13.1. The zero-order valence-corrected chi connectivity index (χ0v) is 18.2. The fourth-order valence-corrected chi connectivity index (χ4v) is 5.92. The molecule has 1 aromatic rings. The topological polar surface area (TPSA) is 93.7 Å². The van der Waals surface area contributed by atoms with E-state index in [1.54, 1.807) is 9.80 Å². The Morgan fingerprint density at radius 2 is 1.94 bits per heavy atom. The number of fused-ring (bicyclic) bond motifs is 3. The molecule has 4 aliphatic rings. The zero-order chi connectivity index (χ0) is 23.7. The number of carbonyl (C=O) groups excluding carboxylic acids is 2. The Balaban J connectivity index is 1.22. The summed E-state index contributed by atoms with van der Waals surface area (Å²) in [6.45, 7) is 2.64. The molecule has 3 aliphatic heterocycles. The van der Waals surface area contributed by atoms with Crippen LogP contribution < -0.4 is 5.73 Å². The minimum atomic E-state index is -4.40. The van der Waals surface area contributed by atoms with Crippen LogP contribution in [0.15, 0.2) is 24.3 Å². The van der Waals surface area contributed by atoms with Crippen molar-refractivity contribution in [2.75, 3.05) is 13.1 Å². The van der Waals surface area contributed by atoms with Crippen LogP contribution in [0.4, 0.5) is 13.2 Å². The molecule has 7 nitrogen and oxygen atoms in total. The summed E-state index contributed by atoms with van der Waals surface area (Å²) >= 11 is 0. The second-order valence-corrected chi connectivity index (χ2v) is 9.70. The Labute approximate surface area is 189 Å². The first-order valence-corrected chi connectivity index (χ1v) is 11.3. The molecule has 0 spiro atoms. The molecular weight excluding hydrogens is 435 g/mol. The van der Waals surface area contributed by atoms with Gasteiger partial charge in [-0.3, -0.25) is 14.5 Å². The van der Waals surface area contributed by atoms with E-state index in [2.05, 4.69) is 6.07 Å². The molecule has 3 heterocycles. The molecule has 1 aromatic carbocycles. The van der Waals surface area contributed by atoms with Crippen molar-refractivity contribution < 1.29 is 22.8 Å². The van der Waals surface area contributed by atoms with Crippen molar-refractivity contribution in [3.8, 4) is 6.07 Å². The third-order valence-electron chi connectivity index (χ3n) is 7.71. The van der Waals surface area contributed by atoms with Crippen LogP contribution in [0.1, 0.15) is 43.4 Å². The molecule has 3 saturated heterocycles. The molecule has 7 atom stereocenters. The number of hydrogen-bond acceptors (Lipinski definition) is 5. The Morgan fingerprint density at radius 3 is 2.55 bits per heavy atom. The van der Waals surface area contributed by atoms with Crippen molar-refractivity contribution in [1.29, 1.82) is 5.26 Å². The van der Waals surface area contributed by atoms with Crippen molar-refractivity contribution in [1.82, 2.24) is 14.7 Å². The minimum Gasteiger partial charge on any atom is -0.330 e. The summed E-state index contributed by atoms with van der Waals surface area (Å²) in [4.78, 5) is 31.4. The number of amides is 2. The lowest BCUT2D eigenvalue weighted by atomic mass is 10.0. The summed E-state index contributed by atoms with van der Waals surface area (Å²) in [7, 11) is 0. The van der Waals surface area contributed by atoms with E-state index in [1.165, 1.54) is 12.1 Å². The van der Waals surface area contributed by atoms with Crippen molar-refractivity contribution in [2.45, 2.75) is 68.6 Å². The molecule has 2 amide bonds. The first-order chi connectivity index (χ1) is 15.6. The molecule has 10 heteroatoms. The van der Waals surface area contributed by atoms with Gasteiger partial charge in [-0.25, -0.2) is 0 Å². The highest BCUT2D eigenvalue weighted by Crippen LogP contribution is 2.48. The van der Waals surface area contributed by atoms with Crippen molar-refractivity contribution in [2.24, 2.45) is 11.7 Å². The van der Waals surface area contributed by atoms with Crippen LogP contribution >= 0.6 is 0 Å². The largest absolute Gasteiger partial charge is 0.416 e. The number of benzene rings is 1. The predicted molar refractivity (Wildman–Crippen MR) is 111 cm³/mol. The van der Waals surface area contributed by atoms with E-state index in [4.69, 9.17) is 5.73 Å². The van der Waals surface area contributed by atoms with Crippen LogP contribution in [-0.4, -0.2) is 69.8 Å². The normalized spacial score (nSPS) is 32.6. The molecule has 0 radical (unpaired) electrons. The van der Waals surface area contributed by atoms with Gasteiger partial charge in [-0.1, -0.05) is 12.1 Å². The number of hydrogen-bond donors (Lipinski definition) is 1. The van der Waals surface area contributed by atoms with E-state index in [1.807, 2.05) is 11.8 Å². The van der Waals surface area contributed by atoms with Gasteiger partial charge in [0.25, 0.3) is 0 Å². The average molecular weight is 461 g/mol. The van der Waals surface area contributed by atoms with Crippen LogP contribution in [0.3, 0.4) is 0 Å². The maximum atomic E-state index is 13.1. The lowest BCUT2D eigenvalue weighted by Gasteiger charge is -2.38. The smallest absolute Gasteiger partial charge is 0.330 e. The molecule has 1 aliphatic carbocycles. The number of nitrogens with zero attached hydrogens (tertiary/aromatic N) is 4. The first-order valence-electron chi connectivity index (χ1n) is 11.3. The number of piperidine rings is 1. The number of likely N-dealkylation sites (tertiary alicyclic amines) is 3. The van der Waals surface area contributed by atoms with E-state index in [9.17, 15) is 28.0 Å². The van der Waals surface area contributed by atoms with E-state index in [0.29, 0.717) is 30.9 Å². The quantitative estimate of drug-likeness (QED) is 0.723. The van der Waals surface area contributed by atoms with E-state index >= 15 is 0 Å². The summed E-state index contributed by atoms with van der Waals surface area (Å²) < 4.78 is 38.6. The molecule has 0 aromatic heterocycles. The fraction of sp³-hybridized carbons (Fsp3) is 0.609. The van der Waals surface area contributed by atoms with Crippen LogP contribution in [0.2, 0.25) is 0 Å². The highest BCUT2D eigenvalue weighted by Gasteiger charge is 2.56. The van der Waals surface area contributed by atoms with Gasteiger partial charge in [-0.15, -0.1) is 0 Å². The average Bonchev–Trinajstić information content (AvgIpc) is 3.11. The number of alkyl halides is 3. The Bertz CT molecular complexity index is 1010. The summed E-state index contributed by atoms with van der Waals surface area (Å²) in [5.74, 6) is 0.101. The third-order valence-corrected chi connectivity index (χ3v) is 7.71. The summed E-state index contributed by atoms with van der Waals surface area (Å²) in [6, 6.07) is 5.23. The highest BCUT2D eigenvalue weighted by atomic mass is 19.4. The highest BCUT2D eigenvalue weighted by molar-refractivity contribution is 5.87. The molecule has 2 bridgehead atoms. The Kier molecular flexibility index (Phi) is 5.18. The molecule has 2 N–H and O–H groups in total. The van der Waals surface area contributed by atoms with Gasteiger partial charge in [0.05, 0.1) is 29.8 Å². The minimum absolute atomic E-state index is 0.0754. The van der Waals surface area contributed by atoms with Crippen molar-refractivity contribution in [3.05, 3.63) is 35.4 Å². The van der Waals surface area contributed by atoms with Gasteiger partial charge in [-0.2, -0.15) is 18.4 Å². The van der Waals surface area contributed by atoms with Crippen molar-refractivity contribution in [3.63, 3.8) is 0 Å². The second-order valence-electron chi connectivity index (χ2n) is 9.70. The fourth-order valence-electron chi connectivity index (χ4n) is 5.92. The second kappa shape index (κ2) is 7.71.